The number of nitrogens with zero attached hydrogens (tertiary/aromatic N) is 1. The molecule has 1 rings (SSSR count). The Hall–Kier alpha value is -1.97. The molecule has 0 saturated carbocycles. The number of benzene rings is 1. The van der Waals surface area contributed by atoms with Crippen LogP contribution in [0.3, 0.4) is 0 Å². The number of esters is 1. The molecule has 1 unspecified atom stereocenters. The smallest absolute Gasteiger partial charge is 0.326 e. The van der Waals surface area contributed by atoms with Crippen LogP contribution in [0.5, 0.6) is 0 Å². The minimum Gasteiger partial charge on any atom is -0.459 e. The van der Waals surface area contributed by atoms with Crippen molar-refractivity contribution in [1.82, 2.24) is 5.32 Å². The van der Waals surface area contributed by atoms with Crippen LogP contribution in [0.2, 0.25) is 0 Å². The molecule has 1 aromatic carbocycles. The lowest BCUT2D eigenvalue weighted by Gasteiger charge is -2.27. The molecular formula is C20H29FN2O3. The molecule has 144 valence electrons. The van der Waals surface area contributed by atoms with Crippen molar-refractivity contribution in [1.29, 1.82) is 5.26 Å². The van der Waals surface area contributed by atoms with Crippen LogP contribution in [0.15, 0.2) is 18.2 Å². The summed E-state index contributed by atoms with van der Waals surface area (Å²) in [7, 11) is 0. The van der Waals surface area contributed by atoms with Crippen LogP contribution < -0.4 is 5.32 Å². The number of halogens is 1. The Morgan fingerprint density at radius 3 is 2.38 bits per heavy atom. The summed E-state index contributed by atoms with van der Waals surface area (Å²) >= 11 is 0. The van der Waals surface area contributed by atoms with Gasteiger partial charge in [-0.3, -0.25) is 4.79 Å². The van der Waals surface area contributed by atoms with Crippen molar-refractivity contribution in [2.45, 2.75) is 65.2 Å². The van der Waals surface area contributed by atoms with Crippen molar-refractivity contribution in [2.24, 2.45) is 0 Å². The van der Waals surface area contributed by atoms with E-state index in [0.29, 0.717) is 18.5 Å². The molecule has 1 aromatic rings. The van der Waals surface area contributed by atoms with Crippen molar-refractivity contribution in [3.05, 3.63) is 35.1 Å². The maximum atomic E-state index is 14.0. The van der Waals surface area contributed by atoms with Crippen molar-refractivity contribution in [3.63, 3.8) is 0 Å². The molecule has 0 amide bonds. The maximum Gasteiger partial charge on any atom is 0.326 e. The van der Waals surface area contributed by atoms with Crippen molar-refractivity contribution < 1.29 is 18.7 Å². The van der Waals surface area contributed by atoms with Gasteiger partial charge in [-0.2, -0.15) is 5.26 Å². The first-order valence-electron chi connectivity index (χ1n) is 8.70. The Labute approximate surface area is 155 Å². The summed E-state index contributed by atoms with van der Waals surface area (Å²) in [6.07, 6.45) is 0.381. The van der Waals surface area contributed by atoms with Crippen LogP contribution in [0, 0.1) is 17.1 Å². The van der Waals surface area contributed by atoms with Crippen LogP contribution in [0.4, 0.5) is 4.39 Å². The summed E-state index contributed by atoms with van der Waals surface area (Å²) in [6.45, 7) is 11.7. The topological polar surface area (TPSA) is 71.3 Å². The minimum absolute atomic E-state index is 0.161. The first-order chi connectivity index (χ1) is 11.9. The lowest BCUT2D eigenvalue weighted by atomic mass is 10.1. The first-order valence-corrected chi connectivity index (χ1v) is 8.70. The number of nitrogens with one attached hydrogen (secondary N) is 1. The predicted octanol–water partition coefficient (Wildman–Crippen LogP) is 3.35. The van der Waals surface area contributed by atoms with E-state index in [2.05, 4.69) is 5.32 Å². The molecule has 0 fully saturated rings. The molecule has 1 N–H and O–H groups in total. The van der Waals surface area contributed by atoms with E-state index in [0.717, 1.165) is 0 Å². The van der Waals surface area contributed by atoms with Gasteiger partial charge in [-0.1, -0.05) is 6.07 Å². The lowest BCUT2D eigenvalue weighted by Crippen LogP contribution is -2.46. The average Bonchev–Trinajstić information content (AvgIpc) is 2.49. The fraction of sp³-hybridized carbons (Fsp3) is 0.600. The average molecular weight is 364 g/mol. The second-order valence-electron chi connectivity index (χ2n) is 8.13. The van der Waals surface area contributed by atoms with Crippen LogP contribution in [0.1, 0.15) is 52.7 Å². The Bertz CT molecular complexity index is 654. The molecule has 0 bridgehead atoms. The van der Waals surface area contributed by atoms with Gasteiger partial charge in [0.2, 0.25) is 0 Å². The van der Waals surface area contributed by atoms with Gasteiger partial charge < -0.3 is 14.8 Å². The van der Waals surface area contributed by atoms with Crippen molar-refractivity contribution in [3.8, 4) is 6.07 Å². The minimum atomic E-state index is -0.644. The van der Waals surface area contributed by atoms with Gasteiger partial charge in [0.15, 0.2) is 0 Å². The fourth-order valence-electron chi connectivity index (χ4n) is 2.12. The highest BCUT2D eigenvalue weighted by atomic mass is 19.1. The molecule has 0 aromatic heterocycles. The highest BCUT2D eigenvalue weighted by molar-refractivity contribution is 5.76. The normalized spacial score (nSPS) is 13.2. The van der Waals surface area contributed by atoms with Crippen LogP contribution in [-0.4, -0.2) is 36.4 Å². The van der Waals surface area contributed by atoms with Gasteiger partial charge >= 0.3 is 5.97 Å². The van der Waals surface area contributed by atoms with Crippen molar-refractivity contribution in [2.75, 3.05) is 13.2 Å². The van der Waals surface area contributed by atoms with E-state index in [-0.39, 0.29) is 17.8 Å². The van der Waals surface area contributed by atoms with E-state index < -0.39 is 23.4 Å². The third-order valence-electron chi connectivity index (χ3n) is 3.34. The van der Waals surface area contributed by atoms with Gasteiger partial charge in [0.25, 0.3) is 0 Å². The second kappa shape index (κ2) is 9.11. The fourth-order valence-corrected chi connectivity index (χ4v) is 2.12. The third kappa shape index (κ3) is 8.41. The van der Waals surface area contributed by atoms with Gasteiger partial charge in [-0.05, 0) is 65.7 Å². The Morgan fingerprint density at radius 1 is 1.23 bits per heavy atom. The molecular weight excluding hydrogens is 335 g/mol. The highest BCUT2D eigenvalue weighted by Crippen LogP contribution is 2.13. The van der Waals surface area contributed by atoms with Crippen LogP contribution in [0.25, 0.3) is 0 Å². The van der Waals surface area contributed by atoms with Gasteiger partial charge in [0.05, 0.1) is 23.8 Å². The van der Waals surface area contributed by atoms with Gasteiger partial charge in [0, 0.05) is 6.54 Å². The third-order valence-corrected chi connectivity index (χ3v) is 3.34. The number of hydrogen-bond acceptors (Lipinski definition) is 5. The van der Waals surface area contributed by atoms with E-state index in [1.165, 1.54) is 6.07 Å². The number of carbonyl (C=O) groups excluding carboxylic acids is 1. The van der Waals surface area contributed by atoms with Gasteiger partial charge in [-0.15, -0.1) is 0 Å². The Morgan fingerprint density at radius 2 is 1.88 bits per heavy atom. The van der Waals surface area contributed by atoms with Crippen molar-refractivity contribution >= 4 is 5.97 Å². The number of ether oxygens (including phenoxy) is 2. The van der Waals surface area contributed by atoms with E-state index in [9.17, 15) is 9.18 Å². The highest BCUT2D eigenvalue weighted by Gasteiger charge is 2.26. The van der Waals surface area contributed by atoms with E-state index in [1.807, 2.05) is 26.8 Å². The summed E-state index contributed by atoms with van der Waals surface area (Å²) in [5, 5.41) is 11.9. The zero-order valence-electron chi connectivity index (χ0n) is 16.5. The molecule has 0 heterocycles. The first kappa shape index (κ1) is 22.1. The lowest BCUT2D eigenvalue weighted by molar-refractivity contribution is -0.160. The SMILES string of the molecule is CC(C)(C)OCC(NCCc1ccc(C#N)cc1F)C(=O)OC(C)(C)C. The number of rotatable bonds is 7. The van der Waals surface area contributed by atoms with E-state index >= 15 is 0 Å². The molecule has 26 heavy (non-hydrogen) atoms. The summed E-state index contributed by atoms with van der Waals surface area (Å²) in [5.74, 6) is -0.826. The number of nitriles is 1. The summed E-state index contributed by atoms with van der Waals surface area (Å²) < 4.78 is 25.1. The van der Waals surface area contributed by atoms with E-state index in [1.54, 1.807) is 32.9 Å². The zero-order valence-corrected chi connectivity index (χ0v) is 16.5. The molecule has 0 spiro atoms. The number of carbonyl (C=O) groups is 1. The second-order valence-corrected chi connectivity index (χ2v) is 8.13. The molecule has 6 heteroatoms. The maximum absolute atomic E-state index is 14.0. The monoisotopic (exact) mass is 364 g/mol. The van der Waals surface area contributed by atoms with Crippen LogP contribution in [-0.2, 0) is 20.7 Å². The molecule has 0 saturated heterocycles. The Balaban J connectivity index is 2.70. The van der Waals surface area contributed by atoms with Gasteiger partial charge in [-0.25, -0.2) is 4.39 Å². The molecule has 0 aliphatic heterocycles. The summed E-state index contributed by atoms with van der Waals surface area (Å²) in [4.78, 5) is 12.4. The largest absolute Gasteiger partial charge is 0.459 e. The quantitative estimate of drug-likeness (QED) is 0.751. The zero-order chi connectivity index (χ0) is 20.0. The molecule has 5 nitrogen and oxygen atoms in total. The Kier molecular flexibility index (Phi) is 7.73. The molecule has 0 aliphatic carbocycles. The number of hydrogen-bond donors (Lipinski definition) is 1. The summed E-state index contributed by atoms with van der Waals surface area (Å²) in [5.41, 5.74) is -0.223. The van der Waals surface area contributed by atoms with Gasteiger partial charge in [0.1, 0.15) is 17.5 Å². The molecule has 0 aliphatic rings. The standard InChI is InChI=1S/C20H29FN2O3/c1-19(2,3)25-13-17(18(24)26-20(4,5)6)23-10-9-15-8-7-14(12-22)11-16(15)21/h7-8,11,17,23H,9-10,13H2,1-6H3. The van der Waals surface area contributed by atoms with E-state index in [4.69, 9.17) is 14.7 Å². The van der Waals surface area contributed by atoms with Crippen LogP contribution >= 0.6 is 0 Å². The molecule has 0 radical (unpaired) electrons. The summed E-state index contributed by atoms with van der Waals surface area (Å²) in [6, 6.07) is 5.63. The predicted molar refractivity (Wildman–Crippen MR) is 98.2 cm³/mol. The molecule has 1 atom stereocenters.